The van der Waals surface area contributed by atoms with Crippen molar-refractivity contribution in [2.75, 3.05) is 12.8 Å². The Kier molecular flexibility index (Phi) is 7.88. The number of carbonyl (C=O) groups excluding carboxylic acids is 1. The van der Waals surface area contributed by atoms with Crippen LogP contribution in [0.3, 0.4) is 0 Å². The van der Waals surface area contributed by atoms with Crippen molar-refractivity contribution in [2.24, 2.45) is 5.92 Å². The molecule has 0 aliphatic carbocycles. The molecular formula is C11H23NO2S. The second-order valence-corrected chi connectivity index (χ2v) is 5.28. The second kappa shape index (κ2) is 7.99. The van der Waals surface area contributed by atoms with Gasteiger partial charge in [-0.1, -0.05) is 27.2 Å². The van der Waals surface area contributed by atoms with Gasteiger partial charge in [-0.15, -0.1) is 0 Å². The Morgan fingerprint density at radius 1 is 1.47 bits per heavy atom. The molecule has 0 heterocycles. The molecule has 0 aromatic heterocycles. The summed E-state index contributed by atoms with van der Waals surface area (Å²) in [5.74, 6) is 0.266. The lowest BCUT2D eigenvalue weighted by atomic mass is 10.0. The summed E-state index contributed by atoms with van der Waals surface area (Å²) >= 11 is 1.67. The molecule has 1 amide bonds. The molecule has 0 bridgehead atoms. The van der Waals surface area contributed by atoms with Crippen molar-refractivity contribution >= 4 is 17.7 Å². The minimum atomic E-state index is -0.427. The Hall–Kier alpha value is -0.220. The van der Waals surface area contributed by atoms with Crippen LogP contribution in [-0.2, 0) is 4.79 Å². The highest BCUT2D eigenvalue weighted by Gasteiger charge is 2.14. The van der Waals surface area contributed by atoms with Crippen LogP contribution in [0.4, 0.5) is 0 Å². The van der Waals surface area contributed by atoms with Gasteiger partial charge >= 0.3 is 0 Å². The molecule has 0 radical (unpaired) electrons. The smallest absolute Gasteiger partial charge is 0.221 e. The minimum absolute atomic E-state index is 0.0270. The predicted octanol–water partition coefficient (Wildman–Crippen LogP) is 1.65. The van der Waals surface area contributed by atoms with E-state index in [9.17, 15) is 9.90 Å². The van der Waals surface area contributed by atoms with Crippen LogP contribution in [0.5, 0.6) is 0 Å². The molecule has 15 heavy (non-hydrogen) atoms. The van der Waals surface area contributed by atoms with Crippen molar-refractivity contribution in [1.82, 2.24) is 5.32 Å². The number of thioether (sulfide) groups is 1. The lowest BCUT2D eigenvalue weighted by Crippen LogP contribution is -2.36. The molecule has 0 aliphatic heterocycles. The van der Waals surface area contributed by atoms with Crippen LogP contribution in [-0.4, -0.2) is 35.2 Å². The van der Waals surface area contributed by atoms with Crippen molar-refractivity contribution < 1.29 is 9.90 Å². The van der Waals surface area contributed by atoms with Crippen LogP contribution >= 0.6 is 11.8 Å². The number of amides is 1. The van der Waals surface area contributed by atoms with E-state index in [0.717, 1.165) is 6.42 Å². The van der Waals surface area contributed by atoms with Crippen LogP contribution in [0.1, 0.15) is 33.6 Å². The van der Waals surface area contributed by atoms with Crippen LogP contribution in [0.15, 0.2) is 0 Å². The lowest BCUT2D eigenvalue weighted by Gasteiger charge is -2.18. The zero-order valence-electron chi connectivity index (χ0n) is 10.1. The fourth-order valence-electron chi connectivity index (χ4n) is 1.11. The number of carbonyl (C=O) groups is 1. The number of aliphatic hydroxyl groups excluding tert-OH is 1. The van der Waals surface area contributed by atoms with E-state index in [2.05, 4.69) is 5.32 Å². The molecule has 3 unspecified atom stereocenters. The first kappa shape index (κ1) is 14.8. The summed E-state index contributed by atoms with van der Waals surface area (Å²) in [6.07, 6.45) is 3.02. The first-order valence-corrected chi connectivity index (χ1v) is 6.77. The Morgan fingerprint density at radius 2 is 2.07 bits per heavy atom. The highest BCUT2D eigenvalue weighted by atomic mass is 32.2. The van der Waals surface area contributed by atoms with Crippen LogP contribution in [0.2, 0.25) is 0 Å². The summed E-state index contributed by atoms with van der Waals surface area (Å²) in [7, 11) is 0. The van der Waals surface area contributed by atoms with Gasteiger partial charge in [-0.25, -0.2) is 0 Å². The third-order valence-electron chi connectivity index (χ3n) is 2.68. The van der Waals surface area contributed by atoms with Gasteiger partial charge in [0.2, 0.25) is 5.91 Å². The monoisotopic (exact) mass is 233 g/mol. The average Bonchev–Trinajstić information content (AvgIpc) is 2.24. The predicted molar refractivity (Wildman–Crippen MR) is 66.1 cm³/mol. The summed E-state index contributed by atoms with van der Waals surface area (Å²) < 4.78 is 0. The third kappa shape index (κ3) is 6.79. The Balaban J connectivity index is 3.71. The topological polar surface area (TPSA) is 49.3 Å². The van der Waals surface area contributed by atoms with Crippen molar-refractivity contribution in [1.29, 1.82) is 0 Å². The standard InChI is InChI=1S/C11H23NO2S/c1-5-8(2)10(13)7-12-11(14)6-9(3)15-4/h8-10,13H,5-7H2,1-4H3,(H,12,14). The molecule has 0 aromatic carbocycles. The molecule has 3 atom stereocenters. The Morgan fingerprint density at radius 3 is 2.53 bits per heavy atom. The maximum atomic E-state index is 11.4. The maximum Gasteiger partial charge on any atom is 0.221 e. The lowest BCUT2D eigenvalue weighted by molar-refractivity contribution is -0.121. The number of hydrogen-bond donors (Lipinski definition) is 2. The van der Waals surface area contributed by atoms with Crippen molar-refractivity contribution in [3.63, 3.8) is 0 Å². The van der Waals surface area contributed by atoms with Crippen LogP contribution < -0.4 is 5.32 Å². The molecule has 0 saturated heterocycles. The summed E-state index contributed by atoms with van der Waals surface area (Å²) in [4.78, 5) is 11.4. The van der Waals surface area contributed by atoms with Gasteiger partial charge in [0.05, 0.1) is 6.10 Å². The Labute approximate surface area is 97.0 Å². The van der Waals surface area contributed by atoms with E-state index in [0.29, 0.717) is 18.2 Å². The summed E-state index contributed by atoms with van der Waals surface area (Å²) in [5, 5.41) is 12.7. The van der Waals surface area contributed by atoms with Gasteiger partial charge in [-0.2, -0.15) is 11.8 Å². The normalized spacial score (nSPS) is 16.9. The molecule has 0 aliphatic rings. The molecule has 0 spiro atoms. The van der Waals surface area contributed by atoms with Gasteiger partial charge in [0, 0.05) is 18.2 Å². The zero-order chi connectivity index (χ0) is 11.8. The molecule has 90 valence electrons. The Bertz CT molecular complexity index is 187. The summed E-state index contributed by atoms with van der Waals surface area (Å²) in [6.45, 7) is 6.41. The molecule has 0 rings (SSSR count). The number of aliphatic hydroxyl groups is 1. The van der Waals surface area contributed by atoms with Crippen molar-refractivity contribution in [2.45, 2.75) is 45.0 Å². The fourth-order valence-corrected chi connectivity index (χ4v) is 1.43. The molecule has 2 N–H and O–H groups in total. The van der Waals surface area contributed by atoms with Gasteiger partial charge in [0.25, 0.3) is 0 Å². The third-order valence-corrected chi connectivity index (χ3v) is 3.66. The van der Waals surface area contributed by atoms with Gasteiger partial charge in [-0.3, -0.25) is 4.79 Å². The van der Waals surface area contributed by atoms with E-state index in [4.69, 9.17) is 0 Å². The summed E-state index contributed by atoms with van der Waals surface area (Å²) in [6, 6.07) is 0. The molecule has 0 fully saturated rings. The average molecular weight is 233 g/mol. The molecular weight excluding hydrogens is 210 g/mol. The molecule has 0 saturated carbocycles. The number of nitrogens with one attached hydrogen (secondary N) is 1. The minimum Gasteiger partial charge on any atom is -0.391 e. The zero-order valence-corrected chi connectivity index (χ0v) is 10.9. The van der Waals surface area contributed by atoms with E-state index >= 15 is 0 Å². The highest BCUT2D eigenvalue weighted by molar-refractivity contribution is 7.99. The van der Waals surface area contributed by atoms with Gasteiger partial charge in [-0.05, 0) is 12.2 Å². The molecule has 3 nitrogen and oxygen atoms in total. The van der Waals surface area contributed by atoms with E-state index < -0.39 is 6.10 Å². The van der Waals surface area contributed by atoms with Crippen molar-refractivity contribution in [3.8, 4) is 0 Å². The first-order chi connectivity index (χ1) is 7.01. The fraction of sp³-hybridized carbons (Fsp3) is 0.909. The van der Waals surface area contributed by atoms with E-state index in [1.807, 2.05) is 27.0 Å². The first-order valence-electron chi connectivity index (χ1n) is 5.48. The van der Waals surface area contributed by atoms with Crippen molar-refractivity contribution in [3.05, 3.63) is 0 Å². The van der Waals surface area contributed by atoms with Gasteiger partial charge in [0.1, 0.15) is 0 Å². The largest absolute Gasteiger partial charge is 0.391 e. The molecule has 0 aromatic rings. The van der Waals surface area contributed by atoms with Gasteiger partial charge in [0.15, 0.2) is 0 Å². The van der Waals surface area contributed by atoms with E-state index in [1.54, 1.807) is 11.8 Å². The van der Waals surface area contributed by atoms with E-state index in [1.165, 1.54) is 0 Å². The van der Waals surface area contributed by atoms with Gasteiger partial charge < -0.3 is 10.4 Å². The number of rotatable bonds is 7. The quantitative estimate of drug-likeness (QED) is 0.703. The SMILES string of the molecule is CCC(C)C(O)CNC(=O)CC(C)SC. The van der Waals surface area contributed by atoms with E-state index in [-0.39, 0.29) is 11.8 Å². The number of hydrogen-bond acceptors (Lipinski definition) is 3. The second-order valence-electron chi connectivity index (χ2n) is 4.01. The highest BCUT2D eigenvalue weighted by Crippen LogP contribution is 2.09. The van der Waals surface area contributed by atoms with Crippen LogP contribution in [0, 0.1) is 5.92 Å². The summed E-state index contributed by atoms with van der Waals surface area (Å²) in [5.41, 5.74) is 0. The van der Waals surface area contributed by atoms with Crippen LogP contribution in [0.25, 0.3) is 0 Å². The molecule has 4 heteroatoms. The maximum absolute atomic E-state index is 11.4.